The molecule has 2 saturated heterocycles. The summed E-state index contributed by atoms with van der Waals surface area (Å²) in [6.45, 7) is -0.0820. The lowest BCUT2D eigenvalue weighted by Gasteiger charge is -2.29. The van der Waals surface area contributed by atoms with E-state index < -0.39 is 52.9 Å². The minimum absolute atomic E-state index is 0.0820. The maximum atomic E-state index is 14.1. The van der Waals surface area contributed by atoms with Crippen LogP contribution in [-0.4, -0.2) is 34.6 Å². The van der Waals surface area contributed by atoms with Crippen molar-refractivity contribution in [1.82, 2.24) is 10.2 Å². The lowest BCUT2D eigenvalue weighted by Crippen LogP contribution is -2.53. The summed E-state index contributed by atoms with van der Waals surface area (Å²) in [5.74, 6) is -5.18. The second kappa shape index (κ2) is 7.11. The van der Waals surface area contributed by atoms with Gasteiger partial charge >= 0.3 is 0 Å². The fourth-order valence-electron chi connectivity index (χ4n) is 5.18. The molecule has 164 valence electrons. The van der Waals surface area contributed by atoms with Gasteiger partial charge in [0.2, 0.25) is 23.6 Å². The number of carbonyl (C=O) groups is 4. The van der Waals surface area contributed by atoms with Gasteiger partial charge in [0.15, 0.2) is 0 Å². The van der Waals surface area contributed by atoms with Crippen molar-refractivity contribution >= 4 is 40.9 Å². The minimum Gasteiger partial charge on any atom is -0.370 e. The molecule has 0 aliphatic carbocycles. The minimum atomic E-state index is -1.69. The molecule has 2 fully saturated rings. The number of nitrogens with two attached hydrogens (primary N) is 1. The Bertz CT molecular complexity index is 1200. The van der Waals surface area contributed by atoms with Gasteiger partial charge in [-0.3, -0.25) is 29.4 Å². The summed E-state index contributed by atoms with van der Waals surface area (Å²) in [5, 5.41) is 6.07. The van der Waals surface area contributed by atoms with Crippen molar-refractivity contribution in [3.63, 3.8) is 0 Å². The van der Waals surface area contributed by atoms with Crippen LogP contribution in [0.5, 0.6) is 0 Å². The number of anilines is 1. The molecule has 0 bridgehead atoms. The van der Waals surface area contributed by atoms with E-state index in [1.54, 1.807) is 24.3 Å². The molecule has 10 heteroatoms. The first kappa shape index (κ1) is 20.6. The number of nitrogens with zero attached hydrogens (tertiary/aromatic N) is 1. The van der Waals surface area contributed by atoms with Crippen LogP contribution in [0.4, 0.5) is 10.1 Å². The highest BCUT2D eigenvalue weighted by Crippen LogP contribution is 2.53. The second-order valence-electron chi connectivity index (χ2n) is 8.23. The molecule has 4 amide bonds. The summed E-state index contributed by atoms with van der Waals surface area (Å²) in [6, 6.07) is 9.68. The van der Waals surface area contributed by atoms with Gasteiger partial charge in [-0.05, 0) is 29.8 Å². The monoisotopic (exact) mass is 456 g/mol. The number of amides is 4. The Morgan fingerprint density at radius 1 is 1.16 bits per heavy atom. The summed E-state index contributed by atoms with van der Waals surface area (Å²) >= 11 is 6.22. The third-order valence-electron chi connectivity index (χ3n) is 6.48. The van der Waals surface area contributed by atoms with Crippen LogP contribution in [0, 0.1) is 17.7 Å². The molecule has 4 atom stereocenters. The Kier molecular flexibility index (Phi) is 4.58. The molecule has 3 heterocycles. The number of fused-ring (bicyclic) bond motifs is 4. The molecule has 2 aromatic rings. The molecule has 3 aliphatic rings. The van der Waals surface area contributed by atoms with E-state index in [9.17, 15) is 23.6 Å². The number of nitrogens with one attached hydrogen (secondary N) is 2. The average molecular weight is 457 g/mol. The Hall–Kier alpha value is -3.30. The third kappa shape index (κ3) is 2.78. The van der Waals surface area contributed by atoms with Crippen LogP contribution in [0.2, 0.25) is 5.02 Å². The van der Waals surface area contributed by atoms with Crippen LogP contribution in [0.3, 0.4) is 0 Å². The number of halogens is 2. The van der Waals surface area contributed by atoms with Crippen molar-refractivity contribution in [3.8, 4) is 0 Å². The van der Waals surface area contributed by atoms with E-state index >= 15 is 0 Å². The molecule has 0 saturated carbocycles. The van der Waals surface area contributed by atoms with E-state index in [0.29, 0.717) is 16.3 Å². The molecule has 4 unspecified atom stereocenters. The maximum Gasteiger partial charge on any atom is 0.250 e. The van der Waals surface area contributed by atoms with E-state index in [1.165, 1.54) is 18.2 Å². The van der Waals surface area contributed by atoms with Crippen LogP contribution >= 0.6 is 11.6 Å². The van der Waals surface area contributed by atoms with Crippen molar-refractivity contribution < 1.29 is 23.6 Å². The van der Waals surface area contributed by atoms with Gasteiger partial charge in [0.1, 0.15) is 11.4 Å². The molecule has 4 N–H and O–H groups in total. The van der Waals surface area contributed by atoms with Gasteiger partial charge in [-0.1, -0.05) is 29.8 Å². The number of rotatable bonds is 4. The fraction of sp³-hybridized carbons (Fsp3) is 0.273. The average Bonchev–Trinajstić information content (AvgIpc) is 3.30. The van der Waals surface area contributed by atoms with Gasteiger partial charge in [0, 0.05) is 28.7 Å². The van der Waals surface area contributed by atoms with Crippen LogP contribution in [0.15, 0.2) is 42.5 Å². The predicted molar refractivity (Wildman–Crippen MR) is 111 cm³/mol. The lowest BCUT2D eigenvalue weighted by molar-refractivity contribution is -0.143. The number of imide groups is 1. The smallest absolute Gasteiger partial charge is 0.250 e. The van der Waals surface area contributed by atoms with Gasteiger partial charge in [-0.15, -0.1) is 0 Å². The summed E-state index contributed by atoms with van der Waals surface area (Å²) in [7, 11) is 0. The maximum absolute atomic E-state index is 14.1. The van der Waals surface area contributed by atoms with E-state index in [2.05, 4.69) is 10.6 Å². The zero-order valence-corrected chi connectivity index (χ0v) is 17.4. The number of primary amides is 1. The van der Waals surface area contributed by atoms with Crippen molar-refractivity contribution in [2.45, 2.75) is 24.5 Å². The Balaban J connectivity index is 1.62. The lowest BCUT2D eigenvalue weighted by atomic mass is 9.76. The van der Waals surface area contributed by atoms with E-state index in [0.717, 1.165) is 4.90 Å². The quantitative estimate of drug-likeness (QED) is 0.598. The standard InChI is InChI=1S/C22H18ClFN4O4/c23-13-4-2-1-3-10(13)9-28-19(30)17-15(8-16(25)29)27-22(18(17)20(28)31)12-7-11(24)5-6-14(12)26-21(22)32/h1-7,15,17-18,27H,8-9H2,(H2,25,29)(H,26,32). The second-order valence-corrected chi connectivity index (χ2v) is 8.64. The van der Waals surface area contributed by atoms with Crippen molar-refractivity contribution in [1.29, 1.82) is 0 Å². The van der Waals surface area contributed by atoms with Crippen LogP contribution in [0.1, 0.15) is 17.5 Å². The molecular formula is C22H18ClFN4O4. The molecule has 32 heavy (non-hydrogen) atoms. The van der Waals surface area contributed by atoms with Gasteiger partial charge in [-0.2, -0.15) is 0 Å². The SMILES string of the molecule is NC(=O)CC1NC2(C(=O)Nc3ccc(F)cc32)C2C(=O)N(Cc3ccccc3Cl)C(=O)C12. The van der Waals surface area contributed by atoms with Crippen LogP contribution < -0.4 is 16.4 Å². The number of hydrogen-bond donors (Lipinski definition) is 3. The summed E-state index contributed by atoms with van der Waals surface area (Å²) in [4.78, 5) is 53.0. The molecule has 5 rings (SSSR count). The molecular weight excluding hydrogens is 439 g/mol. The molecule has 8 nitrogen and oxygen atoms in total. The van der Waals surface area contributed by atoms with Crippen molar-refractivity contribution in [2.24, 2.45) is 17.6 Å². The number of carbonyl (C=O) groups excluding carboxylic acids is 4. The van der Waals surface area contributed by atoms with Gasteiger partial charge in [0.25, 0.3) is 0 Å². The largest absolute Gasteiger partial charge is 0.370 e. The van der Waals surface area contributed by atoms with Crippen molar-refractivity contribution in [2.75, 3.05) is 5.32 Å². The number of likely N-dealkylation sites (tertiary alicyclic amines) is 1. The van der Waals surface area contributed by atoms with E-state index in [1.807, 2.05) is 0 Å². The van der Waals surface area contributed by atoms with E-state index in [4.69, 9.17) is 17.3 Å². The van der Waals surface area contributed by atoms with Gasteiger partial charge < -0.3 is 11.1 Å². The third-order valence-corrected chi connectivity index (χ3v) is 6.84. The summed E-state index contributed by atoms with van der Waals surface area (Å²) in [5.41, 5.74) is 4.83. The topological polar surface area (TPSA) is 122 Å². The molecule has 0 aromatic heterocycles. The Morgan fingerprint density at radius 3 is 2.62 bits per heavy atom. The van der Waals surface area contributed by atoms with Crippen LogP contribution in [0.25, 0.3) is 0 Å². The van der Waals surface area contributed by atoms with Crippen LogP contribution in [-0.2, 0) is 31.3 Å². The molecule has 0 radical (unpaired) electrons. The first-order valence-electron chi connectivity index (χ1n) is 10.00. The fourth-order valence-corrected chi connectivity index (χ4v) is 5.37. The summed E-state index contributed by atoms with van der Waals surface area (Å²) < 4.78 is 14.1. The molecule has 1 spiro atoms. The zero-order chi connectivity index (χ0) is 22.8. The highest BCUT2D eigenvalue weighted by Gasteiger charge is 2.70. The Morgan fingerprint density at radius 2 is 1.91 bits per heavy atom. The highest BCUT2D eigenvalue weighted by molar-refractivity contribution is 6.31. The highest BCUT2D eigenvalue weighted by atomic mass is 35.5. The summed E-state index contributed by atoms with van der Waals surface area (Å²) in [6.07, 6.45) is -0.264. The predicted octanol–water partition coefficient (Wildman–Crippen LogP) is 1.28. The first-order chi connectivity index (χ1) is 15.2. The van der Waals surface area contributed by atoms with E-state index in [-0.39, 0.29) is 18.5 Å². The normalized spacial score (nSPS) is 28.2. The first-order valence-corrected chi connectivity index (χ1v) is 10.4. The van der Waals surface area contributed by atoms with Crippen molar-refractivity contribution in [3.05, 3.63) is 64.4 Å². The van der Waals surface area contributed by atoms with Gasteiger partial charge in [-0.25, -0.2) is 4.39 Å². The molecule has 3 aliphatic heterocycles. The van der Waals surface area contributed by atoms with Gasteiger partial charge in [0.05, 0.1) is 18.4 Å². The zero-order valence-electron chi connectivity index (χ0n) is 16.6. The number of hydrogen-bond acceptors (Lipinski definition) is 5. The molecule has 2 aromatic carbocycles. The Labute approximate surface area is 186 Å². The number of benzene rings is 2.